The molecule has 1 aliphatic heterocycles. The topological polar surface area (TPSA) is 41.1 Å². The van der Waals surface area contributed by atoms with Gasteiger partial charge in [-0.1, -0.05) is 0 Å². The molecule has 0 aliphatic carbocycles. The lowest BCUT2D eigenvalue weighted by Gasteiger charge is -1.82. The van der Waals surface area contributed by atoms with Crippen molar-refractivity contribution in [2.24, 2.45) is 0 Å². The van der Waals surface area contributed by atoms with Gasteiger partial charge in [0, 0.05) is 0 Å². The Bertz CT molecular complexity index is 63.2. The molecule has 32 valence electrons. The number of nitrogens with one attached hydrogen (secondary N) is 2. The molecule has 0 atom stereocenters. The van der Waals surface area contributed by atoms with E-state index in [-0.39, 0.29) is 5.91 Å². The Morgan fingerprint density at radius 3 is 2.83 bits per heavy atom. The van der Waals surface area contributed by atoms with Crippen molar-refractivity contribution in [1.29, 1.82) is 0 Å². The normalized spacial score (nSPS) is 21.0. The fourth-order valence-corrected chi connectivity index (χ4v) is 0.283. The molecule has 1 rings (SSSR count). The van der Waals surface area contributed by atoms with Crippen molar-refractivity contribution in [3.05, 3.63) is 6.54 Å². The number of carbonyl (C=O) groups is 1. The number of hydrogen-bond acceptors (Lipinski definition) is 2. The monoisotopic (exact) mass is 84.0 g/mol. The van der Waals surface area contributed by atoms with Gasteiger partial charge in [0.2, 0.25) is 5.91 Å². The Kier molecular flexibility index (Phi) is 0.759. The molecule has 3 nitrogen and oxygen atoms in total. The number of hydrogen-bond donors (Lipinski definition) is 2. The lowest BCUT2D eigenvalue weighted by Crippen LogP contribution is -2.23. The van der Waals surface area contributed by atoms with Crippen LogP contribution in [-0.4, -0.2) is 5.91 Å². The molecule has 1 saturated heterocycles. The second kappa shape index (κ2) is 1.26. The Hall–Kier alpha value is -0.570. The first-order chi connectivity index (χ1) is 2.89. The van der Waals surface area contributed by atoms with E-state index in [1.165, 1.54) is 0 Å². The van der Waals surface area contributed by atoms with Crippen LogP contribution in [0.15, 0.2) is 0 Å². The summed E-state index contributed by atoms with van der Waals surface area (Å²) in [6, 6.07) is 0. The van der Waals surface area contributed by atoms with E-state index in [0.29, 0.717) is 6.42 Å². The molecular formula is C3H4N2O. The Morgan fingerprint density at radius 2 is 2.67 bits per heavy atom. The Morgan fingerprint density at radius 1 is 1.83 bits per heavy atom. The predicted octanol–water partition coefficient (Wildman–Crippen LogP) is -0.950. The Balaban J connectivity index is 2.37. The summed E-state index contributed by atoms with van der Waals surface area (Å²) in [5.74, 6) is -0.0185. The molecule has 0 saturated carbocycles. The molecule has 6 heavy (non-hydrogen) atoms. The third kappa shape index (κ3) is 0.490. The smallest absolute Gasteiger partial charge is 0.236 e. The van der Waals surface area contributed by atoms with Crippen molar-refractivity contribution in [2.45, 2.75) is 6.42 Å². The molecule has 0 aromatic heterocycles. The van der Waals surface area contributed by atoms with E-state index >= 15 is 0 Å². The van der Waals surface area contributed by atoms with Crippen molar-refractivity contribution >= 4 is 5.91 Å². The lowest BCUT2D eigenvalue weighted by atomic mass is 10.5. The minimum absolute atomic E-state index is 0.0185. The minimum Gasteiger partial charge on any atom is -0.291 e. The second-order valence-electron chi connectivity index (χ2n) is 1.03. The molecule has 0 bridgehead atoms. The SMILES string of the molecule is O=C1C[C]NN1. The quantitative estimate of drug-likeness (QED) is 0.397. The second-order valence-corrected chi connectivity index (χ2v) is 1.03. The van der Waals surface area contributed by atoms with Gasteiger partial charge >= 0.3 is 0 Å². The van der Waals surface area contributed by atoms with Gasteiger partial charge in [-0.25, -0.2) is 5.43 Å². The van der Waals surface area contributed by atoms with Crippen LogP contribution in [0.1, 0.15) is 6.42 Å². The van der Waals surface area contributed by atoms with Gasteiger partial charge in [-0.2, -0.15) is 0 Å². The molecule has 0 spiro atoms. The molecular weight excluding hydrogens is 80.0 g/mol. The third-order valence-electron chi connectivity index (χ3n) is 0.539. The molecule has 1 heterocycles. The largest absolute Gasteiger partial charge is 0.291 e. The van der Waals surface area contributed by atoms with Crippen LogP contribution < -0.4 is 10.9 Å². The zero-order valence-corrected chi connectivity index (χ0v) is 3.12. The molecule has 3 heteroatoms. The fraction of sp³-hybridized carbons (Fsp3) is 0.333. The van der Waals surface area contributed by atoms with Gasteiger partial charge in [0.25, 0.3) is 0 Å². The highest BCUT2D eigenvalue weighted by molar-refractivity contribution is 5.78. The summed E-state index contributed by atoms with van der Waals surface area (Å²) >= 11 is 0. The van der Waals surface area contributed by atoms with Gasteiger partial charge in [-0.15, -0.1) is 0 Å². The van der Waals surface area contributed by atoms with Crippen LogP contribution in [0, 0.1) is 6.54 Å². The first-order valence-corrected chi connectivity index (χ1v) is 1.66. The minimum atomic E-state index is -0.0185. The summed E-state index contributed by atoms with van der Waals surface area (Å²) in [7, 11) is 0. The van der Waals surface area contributed by atoms with E-state index < -0.39 is 0 Å². The van der Waals surface area contributed by atoms with Crippen molar-refractivity contribution < 1.29 is 4.79 Å². The zero-order chi connectivity index (χ0) is 4.41. The number of carbonyl (C=O) groups excluding carboxylic acids is 1. The molecule has 2 N–H and O–H groups in total. The number of hydrazine groups is 1. The standard InChI is InChI=1S/C3H4N2O/c6-3-1-2-4-5-3/h4H,1H2,(H,5,6). The maximum absolute atomic E-state index is 10.0. The van der Waals surface area contributed by atoms with E-state index in [1.54, 1.807) is 0 Å². The highest BCUT2D eigenvalue weighted by atomic mass is 16.2. The van der Waals surface area contributed by atoms with Gasteiger partial charge in [0.15, 0.2) is 0 Å². The van der Waals surface area contributed by atoms with Crippen LogP contribution in [-0.2, 0) is 4.79 Å². The molecule has 1 fully saturated rings. The lowest BCUT2D eigenvalue weighted by molar-refractivity contribution is -0.119. The van der Waals surface area contributed by atoms with Gasteiger partial charge in [0.05, 0.1) is 13.0 Å². The summed E-state index contributed by atoms with van der Waals surface area (Å²) in [4.78, 5) is 10.0. The average Bonchev–Trinajstić information content (AvgIpc) is 1.86. The summed E-state index contributed by atoms with van der Waals surface area (Å²) in [6.07, 6.45) is 0.375. The van der Waals surface area contributed by atoms with Crippen LogP contribution in [0.5, 0.6) is 0 Å². The molecule has 2 radical (unpaired) electrons. The van der Waals surface area contributed by atoms with Crippen LogP contribution in [0.25, 0.3) is 0 Å². The zero-order valence-electron chi connectivity index (χ0n) is 3.12. The third-order valence-corrected chi connectivity index (χ3v) is 0.539. The van der Waals surface area contributed by atoms with Crippen LogP contribution in [0.2, 0.25) is 0 Å². The molecule has 1 amide bonds. The summed E-state index contributed by atoms with van der Waals surface area (Å²) in [5, 5.41) is 0. The van der Waals surface area contributed by atoms with E-state index in [2.05, 4.69) is 17.4 Å². The van der Waals surface area contributed by atoms with Gasteiger partial charge in [0.1, 0.15) is 0 Å². The molecule has 0 aromatic rings. The summed E-state index contributed by atoms with van der Waals surface area (Å²) in [6.45, 7) is 2.56. The van der Waals surface area contributed by atoms with Crippen molar-refractivity contribution in [1.82, 2.24) is 10.9 Å². The fourth-order valence-electron chi connectivity index (χ4n) is 0.283. The van der Waals surface area contributed by atoms with E-state index in [4.69, 9.17) is 0 Å². The predicted molar refractivity (Wildman–Crippen MR) is 19.1 cm³/mol. The van der Waals surface area contributed by atoms with Crippen molar-refractivity contribution in [3.63, 3.8) is 0 Å². The highest BCUT2D eigenvalue weighted by Gasteiger charge is 2.06. The van der Waals surface area contributed by atoms with Gasteiger partial charge < -0.3 is 0 Å². The van der Waals surface area contributed by atoms with Crippen molar-refractivity contribution in [3.8, 4) is 0 Å². The van der Waals surface area contributed by atoms with Crippen LogP contribution in [0.3, 0.4) is 0 Å². The highest BCUT2D eigenvalue weighted by Crippen LogP contribution is 1.85. The number of rotatable bonds is 0. The number of amides is 1. The van der Waals surface area contributed by atoms with Crippen LogP contribution >= 0.6 is 0 Å². The van der Waals surface area contributed by atoms with E-state index in [9.17, 15) is 4.79 Å². The first-order valence-electron chi connectivity index (χ1n) is 1.66. The maximum Gasteiger partial charge on any atom is 0.236 e. The Labute approximate surface area is 35.7 Å². The summed E-state index contributed by atoms with van der Waals surface area (Å²) in [5.41, 5.74) is 4.74. The first kappa shape index (κ1) is 3.61. The van der Waals surface area contributed by atoms with Crippen LogP contribution in [0.4, 0.5) is 0 Å². The molecule has 0 aromatic carbocycles. The van der Waals surface area contributed by atoms with E-state index in [1.807, 2.05) is 0 Å². The van der Waals surface area contributed by atoms with E-state index in [0.717, 1.165) is 0 Å². The summed E-state index contributed by atoms with van der Waals surface area (Å²) < 4.78 is 0. The molecule has 1 aliphatic rings. The average molecular weight is 84.1 g/mol. The van der Waals surface area contributed by atoms with Gasteiger partial charge in [-0.3, -0.25) is 10.2 Å². The van der Waals surface area contributed by atoms with Crippen molar-refractivity contribution in [2.75, 3.05) is 0 Å². The maximum atomic E-state index is 10.0. The van der Waals surface area contributed by atoms with Gasteiger partial charge in [-0.05, 0) is 0 Å². The molecule has 0 unspecified atom stereocenters.